The molecule has 1 aromatic rings. The van der Waals surface area contributed by atoms with Crippen LogP contribution in [0.1, 0.15) is 56.3 Å². The van der Waals surface area contributed by atoms with Crippen LogP contribution >= 0.6 is 0 Å². The number of hydrogen-bond acceptors (Lipinski definition) is 3. The van der Waals surface area contributed by atoms with Crippen LogP contribution in [0.4, 0.5) is 10.2 Å². The number of hydrogen-bond donors (Lipinski definition) is 2. The van der Waals surface area contributed by atoms with Gasteiger partial charge in [-0.3, -0.25) is 4.79 Å². The van der Waals surface area contributed by atoms with Gasteiger partial charge < -0.3 is 11.1 Å². The van der Waals surface area contributed by atoms with Crippen molar-refractivity contribution in [3.05, 3.63) is 23.6 Å². The number of carbonyl (C=O) groups is 1. The van der Waals surface area contributed by atoms with E-state index in [1.165, 1.54) is 19.3 Å². The fraction of sp³-hybridized carbons (Fsp3) is 0.571. The van der Waals surface area contributed by atoms with E-state index in [4.69, 9.17) is 5.73 Å². The number of aromatic nitrogens is 1. The van der Waals surface area contributed by atoms with Gasteiger partial charge in [0.2, 0.25) is 0 Å². The third-order valence-electron chi connectivity index (χ3n) is 3.00. The standard InChI is InChI=1S/C14H22FN3O/c1-3-4-5-6-7-10(2)18-14(19)12-8-11(15)9-17-13(12)16/h8-10H,3-7H2,1-2H3,(H2,16,17)(H,18,19). The zero-order chi connectivity index (χ0) is 14.3. The van der Waals surface area contributed by atoms with Gasteiger partial charge in [0.15, 0.2) is 0 Å². The normalized spacial score (nSPS) is 12.2. The fourth-order valence-corrected chi connectivity index (χ4v) is 1.88. The zero-order valence-electron chi connectivity index (χ0n) is 11.6. The van der Waals surface area contributed by atoms with E-state index in [9.17, 15) is 9.18 Å². The number of nitrogen functional groups attached to an aromatic ring is 1. The van der Waals surface area contributed by atoms with Crippen LogP contribution in [0.25, 0.3) is 0 Å². The molecule has 0 saturated heterocycles. The Labute approximate surface area is 113 Å². The van der Waals surface area contributed by atoms with Gasteiger partial charge in [-0.25, -0.2) is 9.37 Å². The van der Waals surface area contributed by atoms with E-state index in [0.29, 0.717) is 0 Å². The number of nitrogens with two attached hydrogens (primary N) is 1. The summed E-state index contributed by atoms with van der Waals surface area (Å²) in [6.45, 7) is 4.09. The summed E-state index contributed by atoms with van der Waals surface area (Å²) in [7, 11) is 0. The highest BCUT2D eigenvalue weighted by Gasteiger charge is 2.14. The van der Waals surface area contributed by atoms with E-state index in [2.05, 4.69) is 17.2 Å². The van der Waals surface area contributed by atoms with E-state index >= 15 is 0 Å². The van der Waals surface area contributed by atoms with Crippen LogP contribution in [0.15, 0.2) is 12.3 Å². The molecule has 0 bridgehead atoms. The van der Waals surface area contributed by atoms with Gasteiger partial charge in [-0.1, -0.05) is 32.6 Å². The number of unbranched alkanes of at least 4 members (excludes halogenated alkanes) is 3. The summed E-state index contributed by atoms with van der Waals surface area (Å²) in [4.78, 5) is 15.6. The van der Waals surface area contributed by atoms with E-state index < -0.39 is 5.82 Å². The number of nitrogens with one attached hydrogen (secondary N) is 1. The molecule has 0 aliphatic heterocycles. The van der Waals surface area contributed by atoms with Gasteiger partial charge in [0, 0.05) is 6.04 Å². The van der Waals surface area contributed by atoms with Gasteiger partial charge >= 0.3 is 0 Å². The molecule has 0 aliphatic carbocycles. The summed E-state index contributed by atoms with van der Waals surface area (Å²) >= 11 is 0. The Hall–Kier alpha value is -1.65. The Morgan fingerprint density at radius 3 is 2.89 bits per heavy atom. The number of nitrogens with zero attached hydrogens (tertiary/aromatic N) is 1. The molecule has 1 atom stereocenters. The Kier molecular flexibility index (Phi) is 6.25. The molecule has 3 N–H and O–H groups in total. The van der Waals surface area contributed by atoms with Crippen molar-refractivity contribution in [3.8, 4) is 0 Å². The SMILES string of the molecule is CCCCCCC(C)NC(=O)c1cc(F)cnc1N. The second-order valence-corrected chi connectivity index (χ2v) is 4.81. The topological polar surface area (TPSA) is 68.0 Å². The van der Waals surface area contributed by atoms with E-state index in [1.54, 1.807) is 0 Å². The smallest absolute Gasteiger partial charge is 0.255 e. The molecule has 1 amide bonds. The van der Waals surface area contributed by atoms with Crippen LogP contribution < -0.4 is 11.1 Å². The average Bonchev–Trinajstić information content (AvgIpc) is 2.37. The van der Waals surface area contributed by atoms with Crippen LogP contribution in [-0.2, 0) is 0 Å². The number of amides is 1. The van der Waals surface area contributed by atoms with Crippen LogP contribution in [0, 0.1) is 5.82 Å². The van der Waals surface area contributed by atoms with Crippen LogP contribution in [0.2, 0.25) is 0 Å². The summed E-state index contributed by atoms with van der Waals surface area (Å²) < 4.78 is 13.0. The van der Waals surface area contributed by atoms with Gasteiger partial charge in [-0.15, -0.1) is 0 Å². The van der Waals surface area contributed by atoms with E-state index in [0.717, 1.165) is 25.1 Å². The molecule has 1 heterocycles. The first-order chi connectivity index (χ1) is 9.04. The molecule has 1 rings (SSSR count). The Morgan fingerprint density at radius 2 is 2.21 bits per heavy atom. The van der Waals surface area contributed by atoms with Gasteiger partial charge in [-0.2, -0.15) is 0 Å². The second kappa shape index (κ2) is 7.71. The van der Waals surface area contributed by atoms with Gasteiger partial charge in [0.05, 0.1) is 11.8 Å². The van der Waals surface area contributed by atoms with Crippen molar-refractivity contribution >= 4 is 11.7 Å². The predicted molar refractivity (Wildman–Crippen MR) is 74.3 cm³/mol. The largest absolute Gasteiger partial charge is 0.383 e. The fourth-order valence-electron chi connectivity index (χ4n) is 1.88. The lowest BCUT2D eigenvalue weighted by molar-refractivity contribution is 0.0938. The molecule has 1 unspecified atom stereocenters. The molecule has 0 radical (unpaired) electrons. The van der Waals surface area contributed by atoms with Crippen molar-refractivity contribution in [2.75, 3.05) is 5.73 Å². The second-order valence-electron chi connectivity index (χ2n) is 4.81. The first kappa shape index (κ1) is 15.4. The molecular formula is C14H22FN3O. The number of anilines is 1. The summed E-state index contributed by atoms with van der Waals surface area (Å²) in [6, 6.07) is 1.16. The van der Waals surface area contributed by atoms with Gasteiger partial charge in [-0.05, 0) is 19.4 Å². The zero-order valence-corrected chi connectivity index (χ0v) is 11.6. The Bertz CT molecular complexity index is 423. The van der Waals surface area contributed by atoms with Crippen LogP contribution in [-0.4, -0.2) is 16.9 Å². The first-order valence-corrected chi connectivity index (χ1v) is 6.76. The minimum Gasteiger partial charge on any atom is -0.383 e. The number of rotatable bonds is 7. The molecule has 0 aromatic carbocycles. The molecule has 5 heteroatoms. The molecule has 0 fully saturated rings. The van der Waals surface area contributed by atoms with Crippen molar-refractivity contribution in [2.24, 2.45) is 0 Å². The van der Waals surface area contributed by atoms with E-state index in [1.807, 2.05) is 6.92 Å². The minimum atomic E-state index is -0.560. The quantitative estimate of drug-likeness (QED) is 0.746. The number of halogens is 1. The highest BCUT2D eigenvalue weighted by atomic mass is 19.1. The summed E-state index contributed by atoms with van der Waals surface area (Å²) in [5, 5.41) is 2.82. The maximum absolute atomic E-state index is 13.0. The van der Waals surface area contributed by atoms with Crippen molar-refractivity contribution < 1.29 is 9.18 Å². The van der Waals surface area contributed by atoms with Crippen LogP contribution in [0.3, 0.4) is 0 Å². The highest BCUT2D eigenvalue weighted by molar-refractivity contribution is 5.98. The number of pyridine rings is 1. The molecule has 1 aromatic heterocycles. The maximum atomic E-state index is 13.0. The van der Waals surface area contributed by atoms with Gasteiger partial charge in [0.25, 0.3) is 5.91 Å². The van der Waals surface area contributed by atoms with Crippen molar-refractivity contribution in [2.45, 2.75) is 52.0 Å². The Morgan fingerprint density at radius 1 is 1.47 bits per heavy atom. The van der Waals surface area contributed by atoms with Crippen molar-refractivity contribution in [3.63, 3.8) is 0 Å². The van der Waals surface area contributed by atoms with Gasteiger partial charge in [0.1, 0.15) is 11.6 Å². The third kappa shape index (κ3) is 5.24. The number of carbonyl (C=O) groups excluding carboxylic acids is 1. The molecule has 0 aliphatic rings. The Balaban J connectivity index is 2.47. The molecular weight excluding hydrogens is 245 g/mol. The average molecular weight is 267 g/mol. The summed E-state index contributed by atoms with van der Waals surface area (Å²) in [6.07, 6.45) is 6.55. The lowest BCUT2D eigenvalue weighted by Crippen LogP contribution is -2.33. The third-order valence-corrected chi connectivity index (χ3v) is 3.00. The summed E-state index contributed by atoms with van der Waals surface area (Å²) in [5.74, 6) is -0.875. The molecule has 4 nitrogen and oxygen atoms in total. The molecule has 0 saturated carbocycles. The molecule has 106 valence electrons. The lowest BCUT2D eigenvalue weighted by Gasteiger charge is -2.14. The lowest BCUT2D eigenvalue weighted by atomic mass is 10.1. The van der Waals surface area contributed by atoms with Crippen molar-refractivity contribution in [1.29, 1.82) is 0 Å². The first-order valence-electron chi connectivity index (χ1n) is 6.76. The molecule has 19 heavy (non-hydrogen) atoms. The highest BCUT2D eigenvalue weighted by Crippen LogP contribution is 2.11. The summed E-state index contributed by atoms with van der Waals surface area (Å²) in [5.41, 5.74) is 5.66. The molecule has 0 spiro atoms. The van der Waals surface area contributed by atoms with Crippen LogP contribution in [0.5, 0.6) is 0 Å². The minimum absolute atomic E-state index is 0.0482. The maximum Gasteiger partial charge on any atom is 0.255 e. The van der Waals surface area contributed by atoms with Crippen molar-refractivity contribution in [1.82, 2.24) is 10.3 Å². The predicted octanol–water partition coefficient (Wildman–Crippen LogP) is 2.89. The monoisotopic (exact) mass is 267 g/mol. The van der Waals surface area contributed by atoms with E-state index in [-0.39, 0.29) is 23.3 Å².